The van der Waals surface area contributed by atoms with Crippen molar-refractivity contribution in [3.05, 3.63) is 46.5 Å². The highest BCUT2D eigenvalue weighted by atomic mass is 35.5. The van der Waals surface area contributed by atoms with E-state index in [9.17, 15) is 48.3 Å². The summed E-state index contributed by atoms with van der Waals surface area (Å²) in [7, 11) is 5.84. The van der Waals surface area contributed by atoms with Crippen LogP contribution in [0.15, 0.2) is 35.9 Å². The number of hydroxylamine groups is 2. The monoisotopic (exact) mass is 1070 g/mol. The summed E-state index contributed by atoms with van der Waals surface area (Å²) in [5, 5.41) is 14.4. The Morgan fingerprint density at radius 3 is 2.36 bits per heavy atom. The Bertz CT molecular complexity index is 2470. The number of likely N-dealkylation sites (N-methyl/N-ethyl adjacent to an activating group) is 1. The predicted octanol–water partition coefficient (Wildman–Crippen LogP) is 4.18. The molecule has 21 nitrogen and oxygen atoms in total. The molecule has 1 aromatic carbocycles. The van der Waals surface area contributed by atoms with E-state index in [1.807, 2.05) is 13.0 Å². The first kappa shape index (κ1) is 56.2. The Morgan fingerprint density at radius 2 is 1.70 bits per heavy atom. The van der Waals surface area contributed by atoms with Crippen LogP contribution in [0.4, 0.5) is 10.5 Å². The van der Waals surface area contributed by atoms with Crippen LogP contribution in [0.5, 0.6) is 5.75 Å². The quantitative estimate of drug-likeness (QED) is 0.160. The lowest BCUT2D eigenvalue weighted by Crippen LogP contribution is -2.63. The molecule has 1 aromatic rings. The number of aliphatic hydroxyl groups is 1. The number of hydrogen-bond acceptors (Lipinski definition) is 17. The maximum atomic E-state index is 14.4. The molecule has 0 spiro atoms. The number of esters is 1. The molecular weight excluding hydrogens is 1010 g/mol. The van der Waals surface area contributed by atoms with Gasteiger partial charge in [0.2, 0.25) is 23.6 Å². The summed E-state index contributed by atoms with van der Waals surface area (Å²) in [5.74, 6) is -4.93. The molecule has 7 rings (SSSR count). The smallest absolute Gasteiger partial charge is 0.409 e. The van der Waals surface area contributed by atoms with Crippen LogP contribution in [-0.2, 0) is 68.6 Å². The summed E-state index contributed by atoms with van der Waals surface area (Å²) < 4.78 is 29.4. The average Bonchev–Trinajstić information content (AvgIpc) is 3.87. The highest BCUT2D eigenvalue weighted by Gasteiger charge is 2.64. The van der Waals surface area contributed by atoms with Gasteiger partial charge in [-0.15, -0.1) is 16.8 Å². The van der Waals surface area contributed by atoms with E-state index in [-0.39, 0.29) is 67.2 Å². The molecule has 9 atom stereocenters. The van der Waals surface area contributed by atoms with Crippen LogP contribution < -0.4 is 15.0 Å². The molecule has 1 aliphatic carbocycles. The zero-order valence-corrected chi connectivity index (χ0v) is 44.5. The van der Waals surface area contributed by atoms with Gasteiger partial charge in [-0.25, -0.2) is 14.4 Å². The third-order valence-corrected chi connectivity index (χ3v) is 16.8. The Kier molecular flexibility index (Phi) is 17.6. The predicted molar refractivity (Wildman–Crippen MR) is 266 cm³/mol. The van der Waals surface area contributed by atoms with E-state index in [2.05, 4.69) is 5.32 Å². The number of hydrogen-bond donors (Lipinski definition) is 2. The SMILES string of the molecule is COc1cc2cc(c1Cl)N(C)C(=O)CC(OC(=O)[C@H](C)N(C)C(=O)CCS[C@H]1CC(=O)N(CC3CCC(C(=O)ON4C(=O)CCC4=O)CC3)C1=O)[C@@]1(C)O[C@@H]1C(C)[C@H]1C[C@@](O)(NC(=O)O1)[C@H](OC)/C=C/C=C(\C)C2. The highest BCUT2D eigenvalue weighted by molar-refractivity contribution is 8.00. The largest absolute Gasteiger partial charge is 0.495 e. The number of imide groups is 2. The number of fused-ring (bicyclic) bond motifs is 5. The van der Waals surface area contributed by atoms with E-state index in [0.29, 0.717) is 48.6 Å². The second-order valence-electron chi connectivity index (χ2n) is 20.3. The first-order valence-electron chi connectivity index (χ1n) is 24.9. The number of carbonyl (C=O) groups excluding carboxylic acids is 9. The average molecular weight is 1070 g/mol. The van der Waals surface area contributed by atoms with Gasteiger partial charge < -0.3 is 43.4 Å². The molecule has 5 fully saturated rings. The van der Waals surface area contributed by atoms with Crippen molar-refractivity contribution < 1.29 is 76.8 Å². The topological polar surface area (TPSA) is 258 Å². The lowest BCUT2D eigenvalue weighted by molar-refractivity contribution is -0.201. The van der Waals surface area contributed by atoms with Crippen molar-refractivity contribution in [2.45, 2.75) is 145 Å². The van der Waals surface area contributed by atoms with E-state index < -0.39 is 107 Å². The summed E-state index contributed by atoms with van der Waals surface area (Å²) in [6.07, 6.45) is 2.04. The summed E-state index contributed by atoms with van der Waals surface area (Å²) >= 11 is 7.98. The van der Waals surface area contributed by atoms with E-state index in [1.54, 1.807) is 38.1 Å². The van der Waals surface area contributed by atoms with Gasteiger partial charge in [0, 0.05) is 71.5 Å². The first-order valence-corrected chi connectivity index (χ1v) is 26.3. The number of benzene rings is 1. The number of methoxy groups -OCH3 is 2. The second-order valence-corrected chi connectivity index (χ2v) is 22.0. The number of allylic oxidation sites excluding steroid dienone is 3. The van der Waals surface area contributed by atoms with Crippen LogP contribution in [-0.4, -0.2) is 161 Å². The van der Waals surface area contributed by atoms with Crippen molar-refractivity contribution in [1.82, 2.24) is 20.2 Å². The Balaban J connectivity index is 0.986. The van der Waals surface area contributed by atoms with E-state index >= 15 is 0 Å². The number of nitrogens with zero attached hydrogens (tertiary/aromatic N) is 4. The van der Waals surface area contributed by atoms with E-state index in [1.165, 1.54) is 61.7 Å². The van der Waals surface area contributed by atoms with Crippen LogP contribution in [0.2, 0.25) is 5.02 Å². The minimum Gasteiger partial charge on any atom is -0.495 e. The number of nitrogens with one attached hydrogen (secondary N) is 1. The molecule has 7 amide bonds. The molecule has 1 saturated carbocycles. The fraction of sp³-hybridized carbons (Fsp3) is 0.627. The van der Waals surface area contributed by atoms with Gasteiger partial charge in [-0.05, 0) is 76.5 Å². The molecule has 0 aromatic heterocycles. The van der Waals surface area contributed by atoms with Gasteiger partial charge >= 0.3 is 18.0 Å². The number of amides is 7. The van der Waals surface area contributed by atoms with Crippen molar-refractivity contribution in [2.75, 3.05) is 45.5 Å². The fourth-order valence-corrected chi connectivity index (χ4v) is 11.7. The van der Waals surface area contributed by atoms with E-state index in [0.717, 1.165) is 11.1 Å². The van der Waals surface area contributed by atoms with E-state index in [4.69, 9.17) is 40.1 Å². The molecule has 5 aliphatic heterocycles. The highest BCUT2D eigenvalue weighted by Crippen LogP contribution is 2.49. The molecule has 2 N–H and O–H groups in total. The number of halogens is 1. The lowest BCUT2D eigenvalue weighted by atomic mass is 9.82. The zero-order valence-electron chi connectivity index (χ0n) is 42.9. The molecule has 2 unspecified atom stereocenters. The van der Waals surface area contributed by atoms with Crippen LogP contribution in [0.1, 0.15) is 97.5 Å². The molecule has 6 aliphatic rings. The van der Waals surface area contributed by atoms with Gasteiger partial charge in [0.1, 0.15) is 40.7 Å². The maximum Gasteiger partial charge on any atom is 0.409 e. The van der Waals surface area contributed by atoms with Gasteiger partial charge in [-0.1, -0.05) is 42.3 Å². The minimum absolute atomic E-state index is 0.00240. The van der Waals surface area contributed by atoms with Gasteiger partial charge in [0.15, 0.2) is 5.72 Å². The minimum atomic E-state index is -1.89. The van der Waals surface area contributed by atoms with Gasteiger partial charge in [-0.3, -0.25) is 39.0 Å². The summed E-state index contributed by atoms with van der Waals surface area (Å²) in [5.41, 5.74) is -1.23. The second kappa shape index (κ2) is 23.1. The van der Waals surface area contributed by atoms with Crippen molar-refractivity contribution in [1.29, 1.82) is 0 Å². The fourth-order valence-electron chi connectivity index (χ4n) is 10.3. The standard InChI is InChI=1S/C51H66ClN5O16S/c1-27-10-9-11-37(69-8)51(67)25-35(70-49(66)53-51)28(2)45-50(4,72-45)38(24-42(61)55(6)33-21-31(20-27)22-34(68-7)44(33)52)71-47(64)29(3)54(5)39(58)18-19-74-36-23-43(62)56(46(36)63)26-30-12-14-32(15-13-30)48(65)73-57-40(59)16-17-41(57)60/h9-11,21-22,28-30,32,35-38,45,67H,12-20,23-26H2,1-8H3,(H,53,66)/b11-9+,27-10+/t28?,29-,30?,32?,35+,36-,37+,38?,45+,50+,51-/m0/s1. The molecule has 4 saturated heterocycles. The Hall–Kier alpha value is -5.55. The normalized spacial score (nSPS) is 32.2. The molecule has 74 heavy (non-hydrogen) atoms. The number of carbonyl (C=O) groups is 9. The molecule has 0 radical (unpaired) electrons. The number of thioether (sulfide) groups is 1. The van der Waals surface area contributed by atoms with Crippen LogP contribution >= 0.6 is 23.4 Å². The third kappa shape index (κ3) is 12.2. The van der Waals surface area contributed by atoms with Gasteiger partial charge in [-0.2, -0.15) is 0 Å². The zero-order chi connectivity index (χ0) is 54.0. The number of epoxide rings is 1. The number of alkyl carbamates (subject to hydrolysis) is 1. The van der Waals surface area contributed by atoms with Crippen molar-refractivity contribution in [2.24, 2.45) is 17.8 Å². The maximum absolute atomic E-state index is 14.4. The number of ether oxygens (including phenoxy) is 5. The molecule has 404 valence electrons. The lowest BCUT2D eigenvalue weighted by Gasteiger charge is -2.42. The van der Waals surface area contributed by atoms with Crippen molar-refractivity contribution >= 4 is 82.5 Å². The summed E-state index contributed by atoms with van der Waals surface area (Å²) in [6, 6.07) is 2.36. The van der Waals surface area contributed by atoms with Crippen LogP contribution in [0.25, 0.3) is 0 Å². The van der Waals surface area contributed by atoms with Crippen LogP contribution in [0, 0.1) is 17.8 Å². The third-order valence-electron chi connectivity index (χ3n) is 15.2. The number of likely N-dealkylation sites (tertiary alicyclic amines) is 1. The molecule has 5 heterocycles. The van der Waals surface area contributed by atoms with Crippen molar-refractivity contribution in [3.8, 4) is 5.75 Å². The van der Waals surface area contributed by atoms with Crippen LogP contribution in [0.3, 0.4) is 0 Å². The Morgan fingerprint density at radius 1 is 1.01 bits per heavy atom. The molecule has 23 heteroatoms. The number of rotatable bonds is 13. The first-order chi connectivity index (χ1) is 35.0. The molecular formula is C51H66ClN5O16S. The Labute approximate surface area is 438 Å². The summed E-state index contributed by atoms with van der Waals surface area (Å²) in [6.45, 7) is 6.99. The van der Waals surface area contributed by atoms with Gasteiger partial charge in [0.05, 0.1) is 36.5 Å². The number of anilines is 1. The van der Waals surface area contributed by atoms with Gasteiger partial charge in [0.25, 0.3) is 11.8 Å². The summed E-state index contributed by atoms with van der Waals surface area (Å²) in [4.78, 5) is 127. The molecule has 4 bridgehead atoms. The van der Waals surface area contributed by atoms with Crippen molar-refractivity contribution in [3.63, 3.8) is 0 Å².